The fourth-order valence-electron chi connectivity index (χ4n) is 1.69. The van der Waals surface area contributed by atoms with E-state index in [1.807, 2.05) is 32.7 Å². The summed E-state index contributed by atoms with van der Waals surface area (Å²) in [7, 11) is 1.91. The number of azide groups is 1. The van der Waals surface area contributed by atoms with E-state index in [9.17, 15) is 4.79 Å². The van der Waals surface area contributed by atoms with Gasteiger partial charge in [0.15, 0.2) is 0 Å². The molecule has 116 valence electrons. The maximum atomic E-state index is 11.7. The number of hydrogen-bond donors (Lipinski definition) is 0. The summed E-state index contributed by atoms with van der Waals surface area (Å²) in [6.07, 6.45) is 1.78. The number of ether oxygens (including phenoxy) is 1. The van der Waals surface area contributed by atoms with Crippen molar-refractivity contribution in [1.82, 2.24) is 4.90 Å². The summed E-state index contributed by atoms with van der Waals surface area (Å²) < 4.78 is 5.28. The van der Waals surface area contributed by atoms with Crippen molar-refractivity contribution in [2.45, 2.75) is 53.1 Å². The minimum atomic E-state index is -0.438. The molecule has 0 radical (unpaired) electrons. The molecular weight excluding hydrogens is 256 g/mol. The first kappa shape index (κ1) is 18.7. The number of carbonyl (C=O) groups is 1. The smallest absolute Gasteiger partial charge is 0.320 e. The summed E-state index contributed by atoms with van der Waals surface area (Å²) in [6.45, 7) is 11.5. The Morgan fingerprint density at radius 2 is 1.85 bits per heavy atom. The van der Waals surface area contributed by atoms with Crippen LogP contribution < -0.4 is 0 Å². The number of carbonyl (C=O) groups excluding carboxylic acids is 1. The lowest BCUT2D eigenvalue weighted by Crippen LogP contribution is -2.34. The molecule has 0 saturated heterocycles. The molecule has 0 aliphatic heterocycles. The van der Waals surface area contributed by atoms with E-state index in [1.165, 1.54) is 0 Å². The topological polar surface area (TPSA) is 78.3 Å². The van der Waals surface area contributed by atoms with Crippen LogP contribution in [0.3, 0.4) is 0 Å². The maximum Gasteiger partial charge on any atom is 0.320 e. The first-order valence-electron chi connectivity index (χ1n) is 6.97. The monoisotopic (exact) mass is 284 g/mol. The van der Waals surface area contributed by atoms with Crippen molar-refractivity contribution < 1.29 is 9.53 Å². The molecule has 0 aromatic carbocycles. The zero-order chi connectivity index (χ0) is 15.8. The Bertz CT molecular complexity index is 355. The third-order valence-electron chi connectivity index (χ3n) is 2.94. The van der Waals surface area contributed by atoms with Crippen molar-refractivity contribution in [2.24, 2.45) is 10.5 Å². The Morgan fingerprint density at radius 1 is 1.25 bits per heavy atom. The van der Waals surface area contributed by atoms with Crippen molar-refractivity contribution in [3.8, 4) is 0 Å². The molecule has 0 N–H and O–H groups in total. The van der Waals surface area contributed by atoms with Gasteiger partial charge in [0.05, 0.1) is 6.54 Å². The predicted octanol–water partition coefficient (Wildman–Crippen LogP) is 3.38. The van der Waals surface area contributed by atoms with Crippen LogP contribution in [0.25, 0.3) is 10.4 Å². The standard InChI is InChI=1S/C14H28N4O2/c1-13(2,3)20-12(19)11-18(6)10-8-14(4,5)7-9-16-17-15/h7-11H2,1-6H3. The van der Waals surface area contributed by atoms with Crippen LogP contribution in [-0.4, -0.2) is 43.2 Å². The highest BCUT2D eigenvalue weighted by Gasteiger charge is 2.20. The fraction of sp³-hybridized carbons (Fsp3) is 0.929. The van der Waals surface area contributed by atoms with Crippen molar-refractivity contribution in [2.75, 3.05) is 26.7 Å². The molecule has 0 bridgehead atoms. The van der Waals surface area contributed by atoms with Gasteiger partial charge >= 0.3 is 5.97 Å². The number of rotatable bonds is 8. The summed E-state index contributed by atoms with van der Waals surface area (Å²) in [5.41, 5.74) is 7.93. The minimum absolute atomic E-state index is 0.0936. The Balaban J connectivity index is 4.05. The van der Waals surface area contributed by atoms with Crippen LogP contribution in [-0.2, 0) is 9.53 Å². The predicted molar refractivity (Wildman–Crippen MR) is 80.4 cm³/mol. The average Bonchev–Trinajstić information content (AvgIpc) is 2.24. The largest absolute Gasteiger partial charge is 0.459 e. The second kappa shape index (κ2) is 8.12. The number of esters is 1. The molecule has 6 heteroatoms. The molecule has 0 fully saturated rings. The fourth-order valence-corrected chi connectivity index (χ4v) is 1.69. The number of likely N-dealkylation sites (N-methyl/N-ethyl adjacent to an activating group) is 1. The van der Waals surface area contributed by atoms with Gasteiger partial charge in [0.1, 0.15) is 5.60 Å². The van der Waals surface area contributed by atoms with Crippen molar-refractivity contribution in [3.63, 3.8) is 0 Å². The van der Waals surface area contributed by atoms with E-state index in [1.54, 1.807) is 0 Å². The second-order valence-electron chi connectivity index (χ2n) is 6.94. The molecule has 0 atom stereocenters. The summed E-state index contributed by atoms with van der Waals surface area (Å²) in [5, 5.41) is 3.57. The Hall–Kier alpha value is -1.26. The van der Waals surface area contributed by atoms with Crippen LogP contribution in [0.4, 0.5) is 0 Å². The van der Waals surface area contributed by atoms with Crippen LogP contribution in [0, 0.1) is 5.41 Å². The number of hydrogen-bond acceptors (Lipinski definition) is 4. The molecule has 0 heterocycles. The van der Waals surface area contributed by atoms with Crippen LogP contribution in [0.1, 0.15) is 47.5 Å². The van der Waals surface area contributed by atoms with Crippen molar-refractivity contribution >= 4 is 5.97 Å². The van der Waals surface area contributed by atoms with Crippen molar-refractivity contribution in [1.29, 1.82) is 0 Å². The van der Waals surface area contributed by atoms with E-state index in [0.29, 0.717) is 13.1 Å². The van der Waals surface area contributed by atoms with Crippen LogP contribution >= 0.6 is 0 Å². The normalized spacial score (nSPS) is 12.2. The molecule has 0 unspecified atom stereocenters. The van der Waals surface area contributed by atoms with Gasteiger partial charge in [0, 0.05) is 11.5 Å². The van der Waals surface area contributed by atoms with E-state index >= 15 is 0 Å². The van der Waals surface area contributed by atoms with Gasteiger partial charge in [-0.15, -0.1) is 0 Å². The average molecular weight is 284 g/mol. The highest BCUT2D eigenvalue weighted by Crippen LogP contribution is 2.25. The summed E-state index contributed by atoms with van der Waals surface area (Å²) in [5.74, 6) is -0.202. The Kier molecular flexibility index (Phi) is 7.61. The zero-order valence-electron chi connectivity index (χ0n) is 13.6. The third-order valence-corrected chi connectivity index (χ3v) is 2.94. The van der Waals surface area contributed by atoms with Gasteiger partial charge in [0.25, 0.3) is 0 Å². The molecule has 0 spiro atoms. The zero-order valence-corrected chi connectivity index (χ0v) is 13.6. The van der Waals surface area contributed by atoms with Crippen LogP contribution in [0.5, 0.6) is 0 Å². The van der Waals surface area contributed by atoms with Crippen LogP contribution in [0.15, 0.2) is 5.11 Å². The second-order valence-corrected chi connectivity index (χ2v) is 6.94. The highest BCUT2D eigenvalue weighted by atomic mass is 16.6. The lowest BCUT2D eigenvalue weighted by molar-refractivity contribution is -0.155. The Labute approximate surface area is 122 Å². The van der Waals surface area contributed by atoms with E-state index in [2.05, 4.69) is 23.9 Å². The summed E-state index contributed by atoms with van der Waals surface area (Å²) >= 11 is 0. The molecule has 0 aliphatic rings. The SMILES string of the molecule is CN(CCC(C)(C)CCN=[N+]=[N-])CC(=O)OC(C)(C)C. The molecule has 6 nitrogen and oxygen atoms in total. The van der Waals surface area contributed by atoms with Gasteiger partial charge in [-0.05, 0) is 58.2 Å². The minimum Gasteiger partial charge on any atom is -0.459 e. The van der Waals surface area contributed by atoms with E-state index in [0.717, 1.165) is 19.4 Å². The lowest BCUT2D eigenvalue weighted by Gasteiger charge is -2.27. The molecule has 20 heavy (non-hydrogen) atoms. The van der Waals surface area contributed by atoms with Gasteiger partial charge in [-0.3, -0.25) is 9.69 Å². The molecule has 0 aliphatic carbocycles. The van der Waals surface area contributed by atoms with Crippen molar-refractivity contribution in [3.05, 3.63) is 10.4 Å². The van der Waals surface area contributed by atoms with Crippen LogP contribution in [0.2, 0.25) is 0 Å². The highest BCUT2D eigenvalue weighted by molar-refractivity contribution is 5.72. The Morgan fingerprint density at radius 3 is 2.35 bits per heavy atom. The van der Waals surface area contributed by atoms with Gasteiger partial charge in [-0.2, -0.15) is 0 Å². The molecule has 0 amide bonds. The van der Waals surface area contributed by atoms with E-state index in [-0.39, 0.29) is 11.4 Å². The number of nitrogens with zero attached hydrogens (tertiary/aromatic N) is 4. The molecule has 0 saturated carbocycles. The van der Waals surface area contributed by atoms with Gasteiger partial charge in [-0.25, -0.2) is 0 Å². The lowest BCUT2D eigenvalue weighted by atomic mass is 9.85. The molecular formula is C14H28N4O2. The first-order chi connectivity index (χ1) is 9.06. The molecule has 0 rings (SSSR count). The third kappa shape index (κ3) is 10.6. The van der Waals surface area contributed by atoms with E-state index in [4.69, 9.17) is 10.3 Å². The molecule has 0 aromatic heterocycles. The molecule has 0 aromatic rings. The van der Waals surface area contributed by atoms with Gasteiger partial charge in [0.2, 0.25) is 0 Å². The quantitative estimate of drug-likeness (QED) is 0.296. The summed E-state index contributed by atoms with van der Waals surface area (Å²) in [6, 6.07) is 0. The maximum absolute atomic E-state index is 11.7. The van der Waals surface area contributed by atoms with Gasteiger partial charge < -0.3 is 4.74 Å². The summed E-state index contributed by atoms with van der Waals surface area (Å²) in [4.78, 5) is 16.4. The first-order valence-corrected chi connectivity index (χ1v) is 6.97. The van der Waals surface area contributed by atoms with Gasteiger partial charge in [-0.1, -0.05) is 19.0 Å². The van der Waals surface area contributed by atoms with E-state index < -0.39 is 5.60 Å².